The van der Waals surface area contributed by atoms with Crippen LogP contribution in [0.15, 0.2) is 76.4 Å². The van der Waals surface area contributed by atoms with Gasteiger partial charge in [0.05, 0.1) is 30.2 Å². The van der Waals surface area contributed by atoms with Crippen LogP contribution in [-0.2, 0) is 23.1 Å². The molecule has 0 bridgehead atoms. The molecule has 0 saturated carbocycles. The lowest BCUT2D eigenvalue weighted by Gasteiger charge is -2.43. The highest BCUT2D eigenvalue weighted by atomic mass is 79.9. The Hall–Kier alpha value is -4.29. The van der Waals surface area contributed by atoms with E-state index in [1.54, 1.807) is 33.9 Å². The molecule has 2 aliphatic rings. The van der Waals surface area contributed by atoms with Gasteiger partial charge in [-0.1, -0.05) is 46.3 Å². The molecule has 240 valence electrons. The molecule has 46 heavy (non-hydrogen) atoms. The fourth-order valence-electron chi connectivity index (χ4n) is 6.75. The van der Waals surface area contributed by atoms with Gasteiger partial charge in [0.2, 0.25) is 5.91 Å². The number of hydrogen-bond acceptors (Lipinski definition) is 7. The molecule has 12 heteroatoms. The highest BCUT2D eigenvalue weighted by Crippen LogP contribution is 2.36. The Labute approximate surface area is 274 Å². The lowest BCUT2D eigenvalue weighted by Crippen LogP contribution is -2.53. The molecule has 2 fully saturated rings. The number of amides is 2. The predicted octanol–water partition coefficient (Wildman–Crippen LogP) is 3.58. The Bertz CT molecular complexity index is 1850. The number of carbonyl (C=O) groups is 3. The number of likely N-dealkylation sites (tertiary alicyclic amines) is 2. The van der Waals surface area contributed by atoms with Crippen molar-refractivity contribution in [2.75, 3.05) is 33.3 Å². The number of nitrogens with zero attached hydrogens (tertiary/aromatic N) is 5. The van der Waals surface area contributed by atoms with E-state index in [2.05, 4.69) is 20.9 Å². The van der Waals surface area contributed by atoms with Crippen molar-refractivity contribution in [2.45, 2.75) is 37.3 Å². The number of benzene rings is 2. The van der Waals surface area contributed by atoms with Crippen LogP contribution in [0.2, 0.25) is 0 Å². The first kappa shape index (κ1) is 31.7. The highest BCUT2D eigenvalue weighted by Gasteiger charge is 2.42. The zero-order valence-corrected chi connectivity index (χ0v) is 27.4. The number of aryl methyl sites for hydroxylation is 1. The number of aliphatic hydroxyl groups is 1. The Kier molecular flexibility index (Phi) is 8.84. The smallest absolute Gasteiger partial charge is 0.337 e. The molecule has 4 heterocycles. The minimum atomic E-state index is -1.15. The van der Waals surface area contributed by atoms with E-state index in [4.69, 9.17) is 4.74 Å². The largest absolute Gasteiger partial charge is 0.465 e. The van der Waals surface area contributed by atoms with Crippen LogP contribution in [0, 0.1) is 5.92 Å². The maximum Gasteiger partial charge on any atom is 0.337 e. The molecule has 4 aromatic rings. The molecule has 1 N–H and O–H groups in total. The van der Waals surface area contributed by atoms with Crippen LogP contribution in [0.5, 0.6) is 0 Å². The molecular weight excluding hydrogens is 654 g/mol. The Morgan fingerprint density at radius 3 is 2.46 bits per heavy atom. The fraction of sp³-hybridized carbons (Fsp3) is 0.382. The minimum absolute atomic E-state index is 0.00275. The van der Waals surface area contributed by atoms with Gasteiger partial charge < -0.3 is 24.2 Å². The van der Waals surface area contributed by atoms with E-state index in [-0.39, 0.29) is 41.3 Å². The van der Waals surface area contributed by atoms with Crippen molar-refractivity contribution < 1.29 is 24.2 Å². The van der Waals surface area contributed by atoms with Gasteiger partial charge in [0.1, 0.15) is 12.0 Å². The van der Waals surface area contributed by atoms with Crippen LogP contribution in [0.3, 0.4) is 0 Å². The molecule has 0 spiro atoms. The number of carbonyl (C=O) groups excluding carboxylic acids is 3. The fourth-order valence-corrected chi connectivity index (χ4v) is 7.24. The van der Waals surface area contributed by atoms with Crippen LogP contribution < -0.4 is 5.56 Å². The van der Waals surface area contributed by atoms with Gasteiger partial charge in [-0.25, -0.2) is 9.78 Å². The third-order valence-corrected chi connectivity index (χ3v) is 9.79. The van der Waals surface area contributed by atoms with Crippen molar-refractivity contribution in [1.82, 2.24) is 23.9 Å². The van der Waals surface area contributed by atoms with E-state index < -0.39 is 11.6 Å². The van der Waals surface area contributed by atoms with E-state index in [0.29, 0.717) is 66.5 Å². The zero-order chi connectivity index (χ0) is 32.6. The van der Waals surface area contributed by atoms with Gasteiger partial charge in [-0.15, -0.1) is 0 Å². The van der Waals surface area contributed by atoms with Crippen molar-refractivity contribution in [1.29, 1.82) is 0 Å². The molecular formula is C34H36BrN5O6. The Morgan fingerprint density at radius 1 is 1.02 bits per heavy atom. The van der Waals surface area contributed by atoms with Crippen LogP contribution >= 0.6 is 15.9 Å². The molecule has 2 aromatic carbocycles. The first-order valence-electron chi connectivity index (χ1n) is 15.3. The normalized spacial score (nSPS) is 19.7. The highest BCUT2D eigenvalue weighted by molar-refractivity contribution is 9.10. The number of ether oxygens (including phenoxy) is 1. The Balaban J connectivity index is 1.16. The number of hydrogen-bond donors (Lipinski definition) is 1. The van der Waals surface area contributed by atoms with Crippen LogP contribution in [0.1, 0.15) is 51.5 Å². The molecule has 6 rings (SSSR count). The molecule has 2 atom stereocenters. The average Bonchev–Trinajstić information content (AvgIpc) is 3.46. The third-order valence-electron chi connectivity index (χ3n) is 9.33. The van der Waals surface area contributed by atoms with Gasteiger partial charge in [-0.05, 0) is 49.1 Å². The average molecular weight is 691 g/mol. The number of rotatable bonds is 6. The quantitative estimate of drug-likeness (QED) is 0.307. The summed E-state index contributed by atoms with van der Waals surface area (Å²) in [7, 11) is 3.12. The van der Waals surface area contributed by atoms with Gasteiger partial charge in [0.15, 0.2) is 0 Å². The van der Waals surface area contributed by atoms with E-state index in [9.17, 15) is 24.3 Å². The van der Waals surface area contributed by atoms with Crippen molar-refractivity contribution in [3.8, 4) is 0 Å². The summed E-state index contributed by atoms with van der Waals surface area (Å²) in [4.78, 5) is 60.9. The number of halogens is 1. The van der Waals surface area contributed by atoms with Gasteiger partial charge in [-0.2, -0.15) is 0 Å². The standard InChI is InChI=1S/C34H36BrN5O6/c1-37-12-8-27-29(37)36-21-40(32(27)43)20-34(45)10-14-38(15-11-34)31(42)26-9-13-39(19-28(26)22-6-4-3-5-7-22)30(41)23-16-24(33(44)46-2)18-25(35)17-23/h3-8,12,16-18,21,26,28,45H,9-11,13-15,19-20H2,1-2H3/t26-,28+/m1/s1. The zero-order valence-electron chi connectivity index (χ0n) is 25.8. The maximum atomic E-state index is 14.1. The van der Waals surface area contributed by atoms with Gasteiger partial charge in [0.25, 0.3) is 11.5 Å². The first-order chi connectivity index (χ1) is 22.1. The minimum Gasteiger partial charge on any atom is -0.465 e. The summed E-state index contributed by atoms with van der Waals surface area (Å²) in [5.41, 5.74) is 0.858. The molecule has 2 aromatic heterocycles. The molecule has 0 aliphatic carbocycles. The molecule has 11 nitrogen and oxygen atoms in total. The second kappa shape index (κ2) is 12.8. The number of aromatic nitrogens is 3. The van der Waals surface area contributed by atoms with Crippen molar-refractivity contribution in [3.05, 3.63) is 98.6 Å². The Morgan fingerprint density at radius 2 is 1.74 bits per heavy atom. The summed E-state index contributed by atoms with van der Waals surface area (Å²) in [6.45, 7) is 1.55. The lowest BCUT2D eigenvalue weighted by atomic mass is 9.79. The topological polar surface area (TPSA) is 127 Å². The third kappa shape index (κ3) is 6.23. The number of piperidine rings is 2. The lowest BCUT2D eigenvalue weighted by molar-refractivity contribution is -0.142. The molecule has 2 aliphatic heterocycles. The van der Waals surface area contributed by atoms with Crippen molar-refractivity contribution in [2.24, 2.45) is 13.0 Å². The number of methoxy groups -OCH3 is 1. The predicted molar refractivity (Wildman–Crippen MR) is 174 cm³/mol. The van der Waals surface area contributed by atoms with E-state index in [1.165, 1.54) is 24.1 Å². The molecule has 2 saturated heterocycles. The van der Waals surface area contributed by atoms with Crippen LogP contribution in [0.25, 0.3) is 11.0 Å². The number of fused-ring (bicyclic) bond motifs is 1. The molecule has 0 unspecified atom stereocenters. The van der Waals surface area contributed by atoms with Gasteiger partial charge in [0, 0.05) is 61.3 Å². The number of esters is 1. The summed E-state index contributed by atoms with van der Waals surface area (Å²) >= 11 is 3.40. The van der Waals surface area contributed by atoms with Crippen LogP contribution in [-0.4, -0.2) is 85.7 Å². The summed E-state index contributed by atoms with van der Waals surface area (Å²) < 4.78 is 8.68. The van der Waals surface area contributed by atoms with Crippen LogP contribution in [0.4, 0.5) is 0 Å². The monoisotopic (exact) mass is 689 g/mol. The summed E-state index contributed by atoms with van der Waals surface area (Å²) in [5, 5.41) is 12.0. The van der Waals surface area contributed by atoms with Gasteiger partial charge in [-0.3, -0.25) is 19.0 Å². The molecule has 0 radical (unpaired) electrons. The van der Waals surface area contributed by atoms with Crippen molar-refractivity contribution in [3.63, 3.8) is 0 Å². The summed E-state index contributed by atoms with van der Waals surface area (Å²) in [6, 6.07) is 16.3. The van der Waals surface area contributed by atoms with E-state index in [1.807, 2.05) is 42.3 Å². The maximum absolute atomic E-state index is 14.1. The second-order valence-corrected chi connectivity index (χ2v) is 13.2. The molecule has 2 amide bonds. The SMILES string of the molecule is COC(=O)c1cc(Br)cc(C(=O)N2CC[C@@H](C(=O)N3CCC(O)(Cn4cnc5c(ccn5C)c4=O)CC3)[C@H](c3ccccc3)C2)c1. The summed E-state index contributed by atoms with van der Waals surface area (Å²) in [6.07, 6.45) is 4.39. The van der Waals surface area contributed by atoms with E-state index >= 15 is 0 Å². The summed E-state index contributed by atoms with van der Waals surface area (Å²) in [5.74, 6) is -1.33. The van der Waals surface area contributed by atoms with Crippen molar-refractivity contribution >= 4 is 44.7 Å². The van der Waals surface area contributed by atoms with E-state index in [0.717, 1.165) is 5.56 Å². The van der Waals surface area contributed by atoms with Gasteiger partial charge >= 0.3 is 5.97 Å². The second-order valence-electron chi connectivity index (χ2n) is 12.3. The first-order valence-corrected chi connectivity index (χ1v) is 16.1.